The van der Waals surface area contributed by atoms with Gasteiger partial charge in [-0.25, -0.2) is 4.68 Å². The number of ether oxygens (including phenoxy) is 1. The van der Waals surface area contributed by atoms with Gasteiger partial charge in [0.15, 0.2) is 0 Å². The highest BCUT2D eigenvalue weighted by Gasteiger charge is 2.11. The van der Waals surface area contributed by atoms with Crippen LogP contribution < -0.4 is 10.5 Å². The summed E-state index contributed by atoms with van der Waals surface area (Å²) in [5.74, 6) is 0.899. The van der Waals surface area contributed by atoms with E-state index in [2.05, 4.69) is 29.4 Å². The van der Waals surface area contributed by atoms with Crippen molar-refractivity contribution in [2.75, 3.05) is 6.61 Å². The molecule has 1 aromatic heterocycles. The number of rotatable bonds is 7. The number of nitrogens with two attached hydrogens (primary N) is 1. The average molecular weight is 274 g/mol. The van der Waals surface area contributed by atoms with Crippen LogP contribution in [0.15, 0.2) is 24.3 Å². The summed E-state index contributed by atoms with van der Waals surface area (Å²) >= 11 is 0. The summed E-state index contributed by atoms with van der Waals surface area (Å²) in [6, 6.07) is 8.15. The zero-order chi connectivity index (χ0) is 14.4. The van der Waals surface area contributed by atoms with E-state index in [1.807, 2.05) is 23.7 Å². The molecule has 0 spiro atoms. The lowest BCUT2D eigenvalue weighted by atomic mass is 10.1. The molecule has 0 unspecified atom stereocenters. The second-order valence-electron chi connectivity index (χ2n) is 4.66. The van der Waals surface area contributed by atoms with Crippen LogP contribution in [0.2, 0.25) is 0 Å². The maximum Gasteiger partial charge on any atom is 0.119 e. The molecule has 1 aromatic carbocycles. The number of benzene rings is 1. The van der Waals surface area contributed by atoms with Gasteiger partial charge in [-0.3, -0.25) is 0 Å². The Labute approximate surface area is 119 Å². The number of hydrogen-bond acceptors (Lipinski definition) is 4. The summed E-state index contributed by atoms with van der Waals surface area (Å²) in [4.78, 5) is 0. The van der Waals surface area contributed by atoms with Crippen molar-refractivity contribution in [1.82, 2.24) is 15.0 Å². The van der Waals surface area contributed by atoms with Gasteiger partial charge < -0.3 is 10.5 Å². The topological polar surface area (TPSA) is 66.0 Å². The Kier molecular flexibility index (Phi) is 5.12. The van der Waals surface area contributed by atoms with E-state index in [0.29, 0.717) is 13.2 Å². The van der Waals surface area contributed by atoms with Crippen LogP contribution >= 0.6 is 0 Å². The van der Waals surface area contributed by atoms with Gasteiger partial charge in [-0.1, -0.05) is 24.3 Å². The predicted molar refractivity (Wildman–Crippen MR) is 78.6 cm³/mol. The summed E-state index contributed by atoms with van der Waals surface area (Å²) in [6.07, 6.45) is 1.83. The van der Waals surface area contributed by atoms with E-state index < -0.39 is 0 Å². The fraction of sp³-hybridized carbons (Fsp3) is 0.467. The van der Waals surface area contributed by atoms with Crippen molar-refractivity contribution in [2.45, 2.75) is 39.8 Å². The summed E-state index contributed by atoms with van der Waals surface area (Å²) in [5, 5.41) is 8.34. The average Bonchev–Trinajstić information content (AvgIpc) is 2.84. The van der Waals surface area contributed by atoms with Crippen LogP contribution in [0.25, 0.3) is 0 Å². The minimum absolute atomic E-state index is 0.427. The van der Waals surface area contributed by atoms with Crippen molar-refractivity contribution in [2.24, 2.45) is 5.73 Å². The molecule has 0 fully saturated rings. The van der Waals surface area contributed by atoms with Crippen LogP contribution in [0.3, 0.4) is 0 Å². The molecule has 2 aromatic rings. The molecule has 5 heteroatoms. The summed E-state index contributed by atoms with van der Waals surface area (Å²) in [7, 11) is 0. The molecule has 0 radical (unpaired) electrons. The Hall–Kier alpha value is -1.88. The lowest BCUT2D eigenvalue weighted by molar-refractivity contribution is 0.340. The largest absolute Gasteiger partial charge is 0.494 e. The third-order valence-corrected chi connectivity index (χ3v) is 3.15. The highest BCUT2D eigenvalue weighted by molar-refractivity contribution is 5.30. The monoisotopic (exact) mass is 274 g/mol. The highest BCUT2D eigenvalue weighted by Crippen LogP contribution is 2.17. The lowest BCUT2D eigenvalue weighted by Gasteiger charge is -2.08. The Morgan fingerprint density at radius 3 is 2.55 bits per heavy atom. The van der Waals surface area contributed by atoms with Crippen LogP contribution in [0.4, 0.5) is 0 Å². The number of aromatic nitrogens is 3. The van der Waals surface area contributed by atoms with Crippen molar-refractivity contribution in [1.29, 1.82) is 0 Å². The van der Waals surface area contributed by atoms with Gasteiger partial charge in [-0.15, -0.1) is 5.10 Å². The van der Waals surface area contributed by atoms with Crippen LogP contribution in [-0.2, 0) is 19.5 Å². The highest BCUT2D eigenvalue weighted by atomic mass is 16.5. The van der Waals surface area contributed by atoms with Gasteiger partial charge in [-0.2, -0.15) is 0 Å². The minimum Gasteiger partial charge on any atom is -0.494 e. The van der Waals surface area contributed by atoms with E-state index in [1.165, 1.54) is 5.56 Å². The first kappa shape index (κ1) is 14.5. The second-order valence-corrected chi connectivity index (χ2v) is 4.66. The van der Waals surface area contributed by atoms with Crippen LogP contribution in [0.1, 0.15) is 37.2 Å². The number of aryl methyl sites for hydroxylation is 1. The first-order valence-corrected chi connectivity index (χ1v) is 7.11. The first-order chi connectivity index (χ1) is 9.78. The fourth-order valence-electron chi connectivity index (χ4n) is 2.18. The molecule has 5 nitrogen and oxygen atoms in total. The number of nitrogens with zero attached hydrogens (tertiary/aromatic N) is 3. The Balaban J connectivity index is 2.17. The molecule has 0 aliphatic heterocycles. The molecule has 2 N–H and O–H groups in total. The molecule has 0 saturated carbocycles. The van der Waals surface area contributed by atoms with Crippen LogP contribution in [-0.4, -0.2) is 21.6 Å². The Morgan fingerprint density at radius 1 is 1.20 bits per heavy atom. The van der Waals surface area contributed by atoms with Gasteiger partial charge in [0, 0.05) is 19.5 Å². The van der Waals surface area contributed by atoms with Crippen molar-refractivity contribution in [3.8, 4) is 5.75 Å². The first-order valence-electron chi connectivity index (χ1n) is 7.11. The Morgan fingerprint density at radius 2 is 1.95 bits per heavy atom. The van der Waals surface area contributed by atoms with E-state index in [9.17, 15) is 0 Å². The van der Waals surface area contributed by atoms with E-state index in [-0.39, 0.29) is 0 Å². The van der Waals surface area contributed by atoms with E-state index >= 15 is 0 Å². The van der Waals surface area contributed by atoms with Gasteiger partial charge in [0.1, 0.15) is 5.75 Å². The van der Waals surface area contributed by atoms with E-state index in [4.69, 9.17) is 10.5 Å². The van der Waals surface area contributed by atoms with Gasteiger partial charge in [0.2, 0.25) is 0 Å². The van der Waals surface area contributed by atoms with E-state index in [0.717, 1.165) is 36.5 Å². The molecule has 0 amide bonds. The summed E-state index contributed by atoms with van der Waals surface area (Å²) < 4.78 is 7.41. The molecule has 0 bridgehead atoms. The van der Waals surface area contributed by atoms with Crippen molar-refractivity contribution >= 4 is 0 Å². The quantitative estimate of drug-likeness (QED) is 0.840. The third kappa shape index (κ3) is 3.36. The molecular weight excluding hydrogens is 252 g/mol. The van der Waals surface area contributed by atoms with Gasteiger partial charge in [-0.05, 0) is 31.0 Å². The molecule has 0 aliphatic carbocycles. The van der Waals surface area contributed by atoms with Crippen molar-refractivity contribution in [3.63, 3.8) is 0 Å². The van der Waals surface area contributed by atoms with E-state index in [1.54, 1.807) is 0 Å². The molecule has 108 valence electrons. The van der Waals surface area contributed by atoms with Crippen molar-refractivity contribution in [3.05, 3.63) is 41.2 Å². The lowest BCUT2D eigenvalue weighted by Crippen LogP contribution is -2.08. The maximum absolute atomic E-state index is 5.74. The molecule has 1 heterocycles. The maximum atomic E-state index is 5.74. The van der Waals surface area contributed by atoms with Crippen LogP contribution in [0, 0.1) is 0 Å². The predicted octanol–water partition coefficient (Wildman–Crippen LogP) is 2.14. The summed E-state index contributed by atoms with van der Waals surface area (Å²) in [5.41, 5.74) is 8.94. The second kappa shape index (κ2) is 7.05. The van der Waals surface area contributed by atoms with Crippen molar-refractivity contribution < 1.29 is 4.74 Å². The van der Waals surface area contributed by atoms with Gasteiger partial charge in [0.25, 0.3) is 0 Å². The number of hydrogen-bond donors (Lipinski definition) is 1. The zero-order valence-electron chi connectivity index (χ0n) is 12.2. The molecular formula is C15H22N4O. The normalized spacial score (nSPS) is 10.8. The SMILES string of the molecule is CCCn1nnc(CN)c1Cc1ccc(OCC)cc1. The minimum atomic E-state index is 0.427. The standard InChI is InChI=1S/C15H22N4O/c1-3-9-19-15(14(11-16)17-18-19)10-12-5-7-13(8-6-12)20-4-2/h5-8H,3-4,9-11,16H2,1-2H3. The third-order valence-electron chi connectivity index (χ3n) is 3.15. The molecule has 20 heavy (non-hydrogen) atoms. The van der Waals surface area contributed by atoms with Gasteiger partial charge >= 0.3 is 0 Å². The molecule has 0 saturated heterocycles. The van der Waals surface area contributed by atoms with Gasteiger partial charge in [0.05, 0.1) is 18.0 Å². The zero-order valence-corrected chi connectivity index (χ0v) is 12.2. The molecule has 2 rings (SSSR count). The molecule has 0 aliphatic rings. The van der Waals surface area contributed by atoms with Crippen LogP contribution in [0.5, 0.6) is 5.75 Å². The molecule has 0 atom stereocenters. The summed E-state index contributed by atoms with van der Waals surface area (Å²) in [6.45, 7) is 6.10. The Bertz CT molecular complexity index is 533. The fourth-order valence-corrected chi connectivity index (χ4v) is 2.18. The smallest absolute Gasteiger partial charge is 0.119 e.